The summed E-state index contributed by atoms with van der Waals surface area (Å²) in [5, 5.41) is 0.703. The Kier molecular flexibility index (Phi) is 4.27. The zero-order valence-electron chi connectivity index (χ0n) is 8.52. The Balaban J connectivity index is 4.94. The highest BCUT2D eigenvalue weighted by Crippen LogP contribution is 2.52. The number of nitrogens with one attached hydrogen (secondary N) is 1. The summed E-state index contributed by atoms with van der Waals surface area (Å²) in [7, 11) is -4.40. The molecule has 0 aromatic rings. The molecule has 6 nitrogen and oxygen atoms in total. The van der Waals surface area contributed by atoms with Gasteiger partial charge in [0.25, 0.3) is 0 Å². The molecule has 0 fully saturated rings. The second-order valence-electron chi connectivity index (χ2n) is 3.60. The van der Waals surface area contributed by atoms with Gasteiger partial charge in [-0.1, -0.05) is 13.8 Å². The van der Waals surface area contributed by atoms with E-state index in [1.807, 2.05) is 0 Å². The Bertz CT molecular complexity index is 262. The molecule has 5 N–H and O–H groups in total. The number of hydrogen-bond acceptors (Lipinski definition) is 3. The SMILES string of the molecule is CC(C)C(C)(NC(=O)CN)P(=O)(O)O. The van der Waals surface area contributed by atoms with Crippen LogP contribution in [0.3, 0.4) is 0 Å². The Hall–Kier alpha value is -0.420. The van der Waals surface area contributed by atoms with Crippen LogP contribution in [0.15, 0.2) is 0 Å². The maximum absolute atomic E-state index is 11.2. The van der Waals surface area contributed by atoms with Crippen molar-refractivity contribution in [3.63, 3.8) is 0 Å². The Morgan fingerprint density at radius 3 is 2.21 bits per heavy atom. The van der Waals surface area contributed by atoms with E-state index >= 15 is 0 Å². The molecule has 0 bridgehead atoms. The maximum Gasteiger partial charge on any atom is 0.350 e. The minimum atomic E-state index is -4.40. The summed E-state index contributed by atoms with van der Waals surface area (Å²) in [6, 6.07) is 0. The fourth-order valence-electron chi connectivity index (χ4n) is 0.887. The van der Waals surface area contributed by atoms with Gasteiger partial charge in [-0.3, -0.25) is 9.36 Å². The van der Waals surface area contributed by atoms with Crippen molar-refractivity contribution < 1.29 is 19.1 Å². The van der Waals surface area contributed by atoms with Crippen LogP contribution < -0.4 is 11.1 Å². The second kappa shape index (κ2) is 4.40. The molecule has 84 valence electrons. The normalized spacial score (nSPS) is 16.5. The summed E-state index contributed by atoms with van der Waals surface area (Å²) in [5.74, 6) is -0.969. The predicted molar refractivity (Wildman–Crippen MR) is 52.5 cm³/mol. The molecule has 0 aliphatic carbocycles. The number of amides is 1. The van der Waals surface area contributed by atoms with Crippen LogP contribution in [-0.4, -0.2) is 27.5 Å². The Morgan fingerprint density at radius 1 is 1.57 bits per heavy atom. The van der Waals surface area contributed by atoms with Crippen molar-refractivity contribution in [1.82, 2.24) is 5.32 Å². The first-order valence-corrected chi connectivity index (χ1v) is 5.83. The fourth-order valence-corrected chi connectivity index (χ4v) is 1.83. The van der Waals surface area contributed by atoms with E-state index in [1.165, 1.54) is 6.92 Å². The molecular formula is C7H17N2O4P. The molecule has 1 atom stereocenters. The summed E-state index contributed by atoms with van der Waals surface area (Å²) < 4.78 is 11.2. The van der Waals surface area contributed by atoms with Gasteiger partial charge in [0.2, 0.25) is 5.91 Å². The van der Waals surface area contributed by atoms with Crippen LogP contribution in [-0.2, 0) is 9.36 Å². The average Bonchev–Trinajstić information content (AvgIpc) is 2.01. The zero-order valence-corrected chi connectivity index (χ0v) is 9.41. The zero-order chi connectivity index (χ0) is 11.6. The number of carbonyl (C=O) groups is 1. The van der Waals surface area contributed by atoms with E-state index in [2.05, 4.69) is 5.32 Å². The largest absolute Gasteiger partial charge is 0.350 e. The van der Waals surface area contributed by atoms with E-state index in [0.29, 0.717) is 0 Å². The lowest BCUT2D eigenvalue weighted by molar-refractivity contribution is -0.121. The number of rotatable bonds is 4. The summed E-state index contributed by atoms with van der Waals surface area (Å²) in [6.45, 7) is 4.26. The number of carbonyl (C=O) groups excluding carboxylic acids is 1. The predicted octanol–water partition coefficient (Wildman–Crippen LogP) is -0.389. The van der Waals surface area contributed by atoms with E-state index in [4.69, 9.17) is 15.5 Å². The summed E-state index contributed by atoms with van der Waals surface area (Å²) >= 11 is 0. The van der Waals surface area contributed by atoms with Crippen LogP contribution in [0.5, 0.6) is 0 Å². The Morgan fingerprint density at radius 2 is 2.00 bits per heavy atom. The van der Waals surface area contributed by atoms with Gasteiger partial charge in [-0.25, -0.2) is 0 Å². The number of hydrogen-bond donors (Lipinski definition) is 4. The molecule has 0 aliphatic rings. The van der Waals surface area contributed by atoms with E-state index in [-0.39, 0.29) is 12.5 Å². The third kappa shape index (κ3) is 2.78. The molecule has 14 heavy (non-hydrogen) atoms. The first kappa shape index (κ1) is 13.6. The monoisotopic (exact) mass is 224 g/mol. The van der Waals surface area contributed by atoms with E-state index in [1.54, 1.807) is 13.8 Å². The van der Waals surface area contributed by atoms with Crippen LogP contribution in [0.2, 0.25) is 0 Å². The highest BCUT2D eigenvalue weighted by atomic mass is 31.2. The third-order valence-electron chi connectivity index (χ3n) is 2.31. The van der Waals surface area contributed by atoms with Crippen molar-refractivity contribution in [3.8, 4) is 0 Å². The first-order chi connectivity index (χ1) is 6.15. The van der Waals surface area contributed by atoms with Gasteiger partial charge in [-0.05, 0) is 12.8 Å². The van der Waals surface area contributed by atoms with Crippen LogP contribution >= 0.6 is 7.60 Å². The van der Waals surface area contributed by atoms with Crippen molar-refractivity contribution in [1.29, 1.82) is 0 Å². The lowest BCUT2D eigenvalue weighted by Crippen LogP contribution is -2.51. The van der Waals surface area contributed by atoms with Gasteiger partial charge in [0.1, 0.15) is 5.28 Å². The molecule has 0 saturated heterocycles. The third-order valence-corrected chi connectivity index (χ3v) is 4.15. The molecule has 1 amide bonds. The lowest BCUT2D eigenvalue weighted by atomic mass is 10.1. The molecule has 0 heterocycles. The van der Waals surface area contributed by atoms with Crippen LogP contribution in [0.1, 0.15) is 20.8 Å². The van der Waals surface area contributed by atoms with Crippen molar-refractivity contribution in [2.75, 3.05) is 6.54 Å². The summed E-state index contributed by atoms with van der Waals surface area (Å²) in [4.78, 5) is 29.2. The van der Waals surface area contributed by atoms with Crippen LogP contribution in [0, 0.1) is 5.92 Å². The Labute approximate surface area is 83.0 Å². The van der Waals surface area contributed by atoms with Crippen molar-refractivity contribution >= 4 is 13.5 Å². The van der Waals surface area contributed by atoms with E-state index in [9.17, 15) is 9.36 Å². The van der Waals surface area contributed by atoms with Gasteiger partial charge in [0.15, 0.2) is 0 Å². The molecular weight excluding hydrogens is 207 g/mol. The van der Waals surface area contributed by atoms with Gasteiger partial charge < -0.3 is 20.8 Å². The molecule has 7 heteroatoms. The van der Waals surface area contributed by atoms with Gasteiger partial charge in [-0.2, -0.15) is 0 Å². The lowest BCUT2D eigenvalue weighted by Gasteiger charge is -2.34. The van der Waals surface area contributed by atoms with Gasteiger partial charge in [0, 0.05) is 0 Å². The minimum absolute atomic E-state index is 0.289. The molecule has 0 aromatic heterocycles. The maximum atomic E-state index is 11.2. The van der Waals surface area contributed by atoms with Crippen LogP contribution in [0.25, 0.3) is 0 Å². The van der Waals surface area contributed by atoms with Crippen LogP contribution in [0.4, 0.5) is 0 Å². The molecule has 0 saturated carbocycles. The fraction of sp³-hybridized carbons (Fsp3) is 0.857. The highest BCUT2D eigenvalue weighted by Gasteiger charge is 2.46. The standard InChI is InChI=1S/C7H17N2O4P/c1-5(2)7(3,14(11,12)13)9-6(10)4-8/h5H,4,8H2,1-3H3,(H,9,10)(H2,11,12,13). The number of nitrogens with two attached hydrogens (primary N) is 1. The molecule has 1 unspecified atom stereocenters. The van der Waals surface area contributed by atoms with Gasteiger partial charge in [-0.15, -0.1) is 0 Å². The molecule has 0 spiro atoms. The van der Waals surface area contributed by atoms with Crippen molar-refractivity contribution in [3.05, 3.63) is 0 Å². The summed E-state index contributed by atoms with van der Waals surface area (Å²) in [6.07, 6.45) is 0. The molecule has 0 aromatic carbocycles. The quantitative estimate of drug-likeness (QED) is 0.486. The van der Waals surface area contributed by atoms with Crippen molar-refractivity contribution in [2.24, 2.45) is 11.7 Å². The molecule has 0 rings (SSSR count). The van der Waals surface area contributed by atoms with Gasteiger partial charge >= 0.3 is 7.60 Å². The topological polar surface area (TPSA) is 113 Å². The van der Waals surface area contributed by atoms with Crippen molar-refractivity contribution in [2.45, 2.75) is 26.1 Å². The molecule has 0 radical (unpaired) electrons. The van der Waals surface area contributed by atoms with Gasteiger partial charge in [0.05, 0.1) is 6.54 Å². The van der Waals surface area contributed by atoms with E-state index in [0.717, 1.165) is 0 Å². The summed E-state index contributed by atoms with van der Waals surface area (Å²) in [5.41, 5.74) is 5.06. The first-order valence-electron chi connectivity index (χ1n) is 4.22. The molecule has 0 aliphatic heterocycles. The smallest absolute Gasteiger partial charge is 0.338 e. The second-order valence-corrected chi connectivity index (χ2v) is 5.62. The average molecular weight is 224 g/mol. The highest BCUT2D eigenvalue weighted by molar-refractivity contribution is 7.53. The minimum Gasteiger partial charge on any atom is -0.338 e. The van der Waals surface area contributed by atoms with E-state index < -0.39 is 18.8 Å².